The van der Waals surface area contributed by atoms with E-state index in [1.54, 1.807) is 47.3 Å². The van der Waals surface area contributed by atoms with Crippen molar-refractivity contribution in [1.29, 1.82) is 5.26 Å². The molecule has 0 radical (unpaired) electrons. The second kappa shape index (κ2) is 7.39. The van der Waals surface area contributed by atoms with Crippen LogP contribution >= 0.6 is 23.2 Å². The zero-order valence-corrected chi connectivity index (χ0v) is 14.4. The van der Waals surface area contributed by atoms with Gasteiger partial charge in [-0.2, -0.15) is 10.4 Å². The molecule has 0 fully saturated rings. The molecule has 2 aromatic carbocycles. The number of hydrogen-bond donors (Lipinski definition) is 1. The minimum absolute atomic E-state index is 0.313. The van der Waals surface area contributed by atoms with Crippen LogP contribution in [0.1, 0.15) is 21.5 Å². The van der Waals surface area contributed by atoms with Gasteiger partial charge in [-0.05, 0) is 30.3 Å². The summed E-state index contributed by atoms with van der Waals surface area (Å²) in [6, 6.07) is 13.8. The van der Waals surface area contributed by atoms with E-state index in [0.29, 0.717) is 33.4 Å². The van der Waals surface area contributed by atoms with E-state index < -0.39 is 0 Å². The predicted molar refractivity (Wildman–Crippen MR) is 96.9 cm³/mol. The van der Waals surface area contributed by atoms with E-state index in [2.05, 4.69) is 10.4 Å². The number of carbonyl (C=O) groups excluding carboxylic acids is 1. The Morgan fingerprint density at radius 1 is 1.20 bits per heavy atom. The van der Waals surface area contributed by atoms with Crippen LogP contribution in [-0.2, 0) is 6.54 Å². The van der Waals surface area contributed by atoms with E-state index in [1.807, 2.05) is 6.07 Å². The van der Waals surface area contributed by atoms with Gasteiger partial charge in [0, 0.05) is 27.4 Å². The van der Waals surface area contributed by atoms with Gasteiger partial charge in [-0.3, -0.25) is 9.48 Å². The minimum atomic E-state index is -0.313. The molecule has 25 heavy (non-hydrogen) atoms. The number of anilines is 1. The van der Waals surface area contributed by atoms with Crippen molar-refractivity contribution in [3.05, 3.63) is 81.6 Å². The quantitative estimate of drug-likeness (QED) is 0.741. The fraction of sp³-hybridized carbons (Fsp3) is 0.0556. The maximum Gasteiger partial charge on any atom is 0.255 e. The molecule has 0 atom stereocenters. The molecule has 0 spiro atoms. The summed E-state index contributed by atoms with van der Waals surface area (Å²) in [6.45, 7) is 0.387. The first-order chi connectivity index (χ1) is 12.1. The second-order valence-corrected chi connectivity index (χ2v) is 6.09. The Bertz CT molecular complexity index is 955. The van der Waals surface area contributed by atoms with E-state index in [4.69, 9.17) is 28.5 Å². The Morgan fingerprint density at radius 3 is 2.64 bits per heavy atom. The van der Waals surface area contributed by atoms with Gasteiger partial charge in [0.05, 0.1) is 30.1 Å². The molecule has 0 aliphatic carbocycles. The van der Waals surface area contributed by atoms with Crippen molar-refractivity contribution < 1.29 is 4.79 Å². The summed E-state index contributed by atoms with van der Waals surface area (Å²) < 4.78 is 1.63. The number of benzene rings is 2. The van der Waals surface area contributed by atoms with E-state index >= 15 is 0 Å². The highest BCUT2D eigenvalue weighted by molar-refractivity contribution is 6.35. The highest BCUT2D eigenvalue weighted by Gasteiger charge is 2.10. The number of amides is 1. The number of rotatable bonds is 4. The molecular weight excluding hydrogens is 359 g/mol. The lowest BCUT2D eigenvalue weighted by atomic mass is 10.1. The third-order valence-electron chi connectivity index (χ3n) is 3.53. The van der Waals surface area contributed by atoms with Gasteiger partial charge < -0.3 is 5.32 Å². The molecule has 0 aliphatic heterocycles. The number of carbonyl (C=O) groups is 1. The average molecular weight is 371 g/mol. The Balaban J connectivity index is 1.73. The smallest absolute Gasteiger partial charge is 0.255 e. The highest BCUT2D eigenvalue weighted by Crippen LogP contribution is 2.25. The summed E-state index contributed by atoms with van der Waals surface area (Å²) in [7, 11) is 0. The Kier molecular flexibility index (Phi) is 5.03. The van der Waals surface area contributed by atoms with Crippen LogP contribution in [0.2, 0.25) is 10.0 Å². The Labute approximate surface area is 154 Å². The predicted octanol–water partition coefficient (Wildman–Crippen LogP) is 4.36. The number of nitrogens with one attached hydrogen (secondary N) is 1. The van der Waals surface area contributed by atoms with Crippen LogP contribution in [-0.4, -0.2) is 15.7 Å². The molecule has 5 nitrogen and oxygen atoms in total. The van der Waals surface area contributed by atoms with Crippen molar-refractivity contribution in [3.8, 4) is 6.07 Å². The van der Waals surface area contributed by atoms with Gasteiger partial charge in [-0.1, -0.05) is 35.3 Å². The molecular formula is C18H12Cl2N4O. The van der Waals surface area contributed by atoms with Crippen molar-refractivity contribution in [3.63, 3.8) is 0 Å². The van der Waals surface area contributed by atoms with Crippen molar-refractivity contribution >= 4 is 34.8 Å². The lowest BCUT2D eigenvalue weighted by molar-refractivity contribution is 0.102. The second-order valence-electron chi connectivity index (χ2n) is 5.27. The summed E-state index contributed by atoms with van der Waals surface area (Å²) >= 11 is 12.3. The molecule has 3 rings (SSSR count). The lowest BCUT2D eigenvalue weighted by Gasteiger charge is -2.06. The van der Waals surface area contributed by atoms with Gasteiger partial charge >= 0.3 is 0 Å². The highest BCUT2D eigenvalue weighted by atomic mass is 35.5. The van der Waals surface area contributed by atoms with Crippen molar-refractivity contribution in [2.24, 2.45) is 0 Å². The van der Waals surface area contributed by atoms with E-state index in [9.17, 15) is 4.79 Å². The summed E-state index contributed by atoms with van der Waals surface area (Å²) in [6.07, 6.45) is 3.22. The van der Waals surface area contributed by atoms with Crippen molar-refractivity contribution in [1.82, 2.24) is 9.78 Å². The number of hydrogen-bond acceptors (Lipinski definition) is 3. The third-order valence-corrected chi connectivity index (χ3v) is 4.23. The van der Waals surface area contributed by atoms with Gasteiger partial charge in [-0.25, -0.2) is 0 Å². The molecule has 0 unspecified atom stereocenters. The molecule has 1 heterocycles. The number of halogens is 2. The SMILES string of the molecule is N#Cc1cccc(C(=O)Nc2cnn(Cc3c(Cl)cccc3Cl)c2)c1. The zero-order chi connectivity index (χ0) is 17.8. The Morgan fingerprint density at radius 2 is 1.92 bits per heavy atom. The fourth-order valence-electron chi connectivity index (χ4n) is 2.29. The molecule has 0 aliphatic rings. The van der Waals surface area contributed by atoms with Gasteiger partial charge in [0.25, 0.3) is 5.91 Å². The van der Waals surface area contributed by atoms with Gasteiger partial charge in [0.2, 0.25) is 0 Å². The zero-order valence-electron chi connectivity index (χ0n) is 12.9. The lowest BCUT2D eigenvalue weighted by Crippen LogP contribution is -2.11. The summed E-state index contributed by atoms with van der Waals surface area (Å²) in [5.74, 6) is -0.313. The molecule has 0 saturated heterocycles. The van der Waals surface area contributed by atoms with E-state index in [-0.39, 0.29) is 5.91 Å². The van der Waals surface area contributed by atoms with Crippen LogP contribution in [0.25, 0.3) is 0 Å². The van der Waals surface area contributed by atoms with Crippen LogP contribution in [0.5, 0.6) is 0 Å². The molecule has 1 aromatic heterocycles. The first-order valence-electron chi connectivity index (χ1n) is 7.33. The molecule has 3 aromatic rings. The van der Waals surface area contributed by atoms with E-state index in [1.165, 1.54) is 12.3 Å². The molecule has 1 N–H and O–H groups in total. The van der Waals surface area contributed by atoms with Crippen LogP contribution in [0.3, 0.4) is 0 Å². The van der Waals surface area contributed by atoms with Crippen LogP contribution in [0, 0.1) is 11.3 Å². The fourth-order valence-corrected chi connectivity index (χ4v) is 2.81. The molecule has 0 bridgehead atoms. The molecule has 1 amide bonds. The van der Waals surface area contributed by atoms with E-state index in [0.717, 1.165) is 5.56 Å². The first kappa shape index (κ1) is 17.0. The third kappa shape index (κ3) is 4.00. The average Bonchev–Trinajstić information content (AvgIpc) is 3.05. The largest absolute Gasteiger partial charge is 0.319 e. The van der Waals surface area contributed by atoms with Gasteiger partial charge in [0.1, 0.15) is 0 Å². The monoisotopic (exact) mass is 370 g/mol. The van der Waals surface area contributed by atoms with Crippen molar-refractivity contribution in [2.75, 3.05) is 5.32 Å². The normalized spacial score (nSPS) is 10.3. The van der Waals surface area contributed by atoms with Crippen LogP contribution in [0.15, 0.2) is 54.9 Å². The summed E-state index contributed by atoms with van der Waals surface area (Å²) in [5.41, 5.74) is 2.13. The molecule has 124 valence electrons. The minimum Gasteiger partial charge on any atom is -0.319 e. The molecule has 0 saturated carbocycles. The standard InChI is InChI=1S/C18H12Cl2N4O/c19-16-5-2-6-17(20)15(16)11-24-10-14(9-22-24)23-18(25)13-4-1-3-12(7-13)8-21/h1-7,9-10H,11H2,(H,23,25). The summed E-state index contributed by atoms with van der Waals surface area (Å²) in [5, 5.41) is 17.0. The number of nitriles is 1. The van der Waals surface area contributed by atoms with Gasteiger partial charge in [0.15, 0.2) is 0 Å². The topological polar surface area (TPSA) is 70.7 Å². The summed E-state index contributed by atoms with van der Waals surface area (Å²) in [4.78, 5) is 12.3. The van der Waals surface area contributed by atoms with Crippen LogP contribution in [0.4, 0.5) is 5.69 Å². The maximum atomic E-state index is 12.3. The number of aromatic nitrogens is 2. The molecule has 7 heteroatoms. The van der Waals surface area contributed by atoms with Crippen molar-refractivity contribution in [2.45, 2.75) is 6.54 Å². The van der Waals surface area contributed by atoms with Gasteiger partial charge in [-0.15, -0.1) is 0 Å². The maximum absolute atomic E-state index is 12.3. The number of nitrogens with zero attached hydrogens (tertiary/aromatic N) is 3. The Hall–Kier alpha value is -2.81. The first-order valence-corrected chi connectivity index (χ1v) is 8.09. The van der Waals surface area contributed by atoms with Crippen LogP contribution < -0.4 is 5.32 Å².